The van der Waals surface area contributed by atoms with E-state index >= 15 is 0 Å². The molecule has 0 aliphatic carbocycles. The third-order valence-corrected chi connectivity index (χ3v) is 4.26. The fourth-order valence-electron chi connectivity index (χ4n) is 3.24. The van der Waals surface area contributed by atoms with Crippen LogP contribution in [0.25, 0.3) is 10.9 Å². The quantitative estimate of drug-likeness (QED) is 0.738. The first-order chi connectivity index (χ1) is 11.7. The van der Waals surface area contributed by atoms with Crippen LogP contribution in [0.2, 0.25) is 0 Å². The van der Waals surface area contributed by atoms with E-state index in [1.165, 1.54) is 0 Å². The van der Waals surface area contributed by atoms with Gasteiger partial charge in [0.2, 0.25) is 11.8 Å². The average Bonchev–Trinajstić information content (AvgIpc) is 3.03. The van der Waals surface area contributed by atoms with Gasteiger partial charge in [-0.05, 0) is 25.6 Å². The fourth-order valence-corrected chi connectivity index (χ4v) is 3.24. The molecule has 6 nitrogen and oxygen atoms in total. The fraction of sp³-hybridized carbons (Fsp3) is 0.389. The highest BCUT2D eigenvalue weighted by atomic mass is 16.5. The number of para-hydroxylation sites is 1. The van der Waals surface area contributed by atoms with E-state index in [1.807, 2.05) is 18.2 Å². The first-order valence-electron chi connectivity index (χ1n) is 8.18. The van der Waals surface area contributed by atoms with E-state index in [0.717, 1.165) is 29.6 Å². The van der Waals surface area contributed by atoms with E-state index in [0.29, 0.717) is 18.2 Å². The summed E-state index contributed by atoms with van der Waals surface area (Å²) in [4.78, 5) is 6.69. The number of pyridine rings is 1. The van der Waals surface area contributed by atoms with Gasteiger partial charge in [-0.2, -0.15) is 0 Å². The molecule has 0 unspecified atom stereocenters. The molecule has 0 saturated carbocycles. The van der Waals surface area contributed by atoms with E-state index in [2.05, 4.69) is 46.2 Å². The van der Waals surface area contributed by atoms with Crippen molar-refractivity contribution in [3.63, 3.8) is 0 Å². The number of morpholine rings is 1. The minimum Gasteiger partial charge on any atom is -0.422 e. The number of fused-ring (bicyclic) bond motifs is 1. The average molecular weight is 324 g/mol. The number of aromatic nitrogens is 3. The number of benzene rings is 1. The number of nitrogens with zero attached hydrogens (tertiary/aromatic N) is 4. The van der Waals surface area contributed by atoms with Gasteiger partial charge >= 0.3 is 0 Å². The maximum absolute atomic E-state index is 5.93. The summed E-state index contributed by atoms with van der Waals surface area (Å²) in [7, 11) is 2.07. The predicted molar refractivity (Wildman–Crippen MR) is 89.6 cm³/mol. The van der Waals surface area contributed by atoms with Crippen molar-refractivity contribution in [2.45, 2.75) is 25.6 Å². The van der Waals surface area contributed by atoms with Crippen molar-refractivity contribution in [2.24, 2.45) is 0 Å². The molecule has 2 aromatic heterocycles. The molecular weight excluding hydrogens is 304 g/mol. The highest BCUT2D eigenvalue weighted by molar-refractivity contribution is 5.81. The van der Waals surface area contributed by atoms with Gasteiger partial charge in [-0.3, -0.25) is 4.98 Å². The molecular formula is C18H20N4O2. The smallest absolute Gasteiger partial charge is 0.246 e. The van der Waals surface area contributed by atoms with Crippen molar-refractivity contribution in [3.8, 4) is 0 Å². The second kappa shape index (κ2) is 6.30. The van der Waals surface area contributed by atoms with Gasteiger partial charge in [0, 0.05) is 24.7 Å². The molecule has 1 aliphatic heterocycles. The van der Waals surface area contributed by atoms with Crippen LogP contribution in [0.5, 0.6) is 0 Å². The van der Waals surface area contributed by atoms with Crippen molar-refractivity contribution in [2.75, 3.05) is 20.1 Å². The Morgan fingerprint density at radius 2 is 2.04 bits per heavy atom. The van der Waals surface area contributed by atoms with Crippen LogP contribution in [0.4, 0.5) is 0 Å². The van der Waals surface area contributed by atoms with Crippen molar-refractivity contribution >= 4 is 10.9 Å². The summed E-state index contributed by atoms with van der Waals surface area (Å²) >= 11 is 0. The molecule has 2 atom stereocenters. The van der Waals surface area contributed by atoms with Crippen LogP contribution in [0.3, 0.4) is 0 Å². The molecule has 0 spiro atoms. The van der Waals surface area contributed by atoms with Gasteiger partial charge < -0.3 is 14.1 Å². The van der Waals surface area contributed by atoms with Gasteiger partial charge in [-0.15, -0.1) is 10.2 Å². The van der Waals surface area contributed by atoms with Crippen molar-refractivity contribution in [1.82, 2.24) is 20.1 Å². The molecule has 124 valence electrons. The zero-order valence-corrected chi connectivity index (χ0v) is 13.8. The summed E-state index contributed by atoms with van der Waals surface area (Å²) in [5.74, 6) is 1.14. The van der Waals surface area contributed by atoms with Gasteiger partial charge in [0.15, 0.2) is 0 Å². The first-order valence-corrected chi connectivity index (χ1v) is 8.18. The molecule has 0 amide bonds. The van der Waals surface area contributed by atoms with Crippen LogP contribution >= 0.6 is 0 Å². The van der Waals surface area contributed by atoms with Crippen molar-refractivity contribution < 1.29 is 9.15 Å². The third-order valence-electron chi connectivity index (χ3n) is 4.26. The van der Waals surface area contributed by atoms with Crippen LogP contribution in [-0.4, -0.2) is 46.3 Å². The third kappa shape index (κ3) is 3.02. The highest BCUT2D eigenvalue weighted by Gasteiger charge is 2.28. The minimum absolute atomic E-state index is 0.159. The molecule has 3 heterocycles. The van der Waals surface area contributed by atoms with Crippen LogP contribution in [-0.2, 0) is 11.2 Å². The summed E-state index contributed by atoms with van der Waals surface area (Å²) in [6, 6.07) is 10.1. The Balaban J connectivity index is 1.57. The number of likely N-dealkylation sites (N-methyl/N-ethyl adjacent to an activating group) is 1. The lowest BCUT2D eigenvalue weighted by Gasteiger charge is -2.32. The van der Waals surface area contributed by atoms with E-state index in [1.54, 1.807) is 6.20 Å². The lowest BCUT2D eigenvalue weighted by molar-refractivity contribution is -0.0825. The molecule has 1 fully saturated rings. The van der Waals surface area contributed by atoms with Crippen LogP contribution in [0.1, 0.15) is 30.4 Å². The molecule has 6 heteroatoms. The van der Waals surface area contributed by atoms with Crippen LogP contribution < -0.4 is 0 Å². The monoisotopic (exact) mass is 324 g/mol. The van der Waals surface area contributed by atoms with Gasteiger partial charge in [0.1, 0.15) is 6.10 Å². The molecule has 3 aromatic rings. The molecule has 0 radical (unpaired) electrons. The molecule has 0 bridgehead atoms. The molecule has 1 saturated heterocycles. The summed E-state index contributed by atoms with van der Waals surface area (Å²) in [5.41, 5.74) is 2.06. The lowest BCUT2D eigenvalue weighted by Crippen LogP contribution is -2.40. The summed E-state index contributed by atoms with van der Waals surface area (Å²) in [6.45, 7) is 3.74. The summed E-state index contributed by atoms with van der Waals surface area (Å²) in [5, 5.41) is 9.51. The Kier molecular flexibility index (Phi) is 4.00. The largest absolute Gasteiger partial charge is 0.422 e. The topological polar surface area (TPSA) is 64.3 Å². The maximum atomic E-state index is 5.93. The summed E-state index contributed by atoms with van der Waals surface area (Å²) in [6.07, 6.45) is 2.37. The van der Waals surface area contributed by atoms with Gasteiger partial charge in [0.25, 0.3) is 0 Å². The highest BCUT2D eigenvalue weighted by Crippen LogP contribution is 2.25. The van der Waals surface area contributed by atoms with E-state index in [9.17, 15) is 0 Å². The minimum atomic E-state index is -0.161. The standard InChI is InChI=1S/C18H20N4O2/c1-12-10-22(2)11-15(23-12)18-21-20-16(24-18)9-14-6-3-5-13-7-4-8-19-17(13)14/h3-8,12,15H,9-11H2,1-2H3/t12-,15-/m1/s1. The van der Waals surface area contributed by atoms with Crippen molar-refractivity contribution in [3.05, 3.63) is 53.9 Å². The normalized spacial score (nSPS) is 22.1. The number of hydrogen-bond acceptors (Lipinski definition) is 6. The van der Waals surface area contributed by atoms with E-state index in [4.69, 9.17) is 9.15 Å². The predicted octanol–water partition coefficient (Wildman–Crippen LogP) is 2.60. The maximum Gasteiger partial charge on any atom is 0.246 e. The lowest BCUT2D eigenvalue weighted by atomic mass is 10.1. The zero-order chi connectivity index (χ0) is 16.5. The number of hydrogen-bond donors (Lipinski definition) is 0. The Bertz CT molecular complexity index is 832. The Morgan fingerprint density at radius 1 is 1.17 bits per heavy atom. The molecule has 24 heavy (non-hydrogen) atoms. The molecule has 0 N–H and O–H groups in total. The second-order valence-corrected chi connectivity index (χ2v) is 6.36. The SMILES string of the molecule is C[C@@H]1CN(C)C[C@H](c2nnc(Cc3cccc4cccnc34)o2)O1. The van der Waals surface area contributed by atoms with E-state index < -0.39 is 0 Å². The van der Waals surface area contributed by atoms with Gasteiger partial charge in [0.05, 0.1) is 18.0 Å². The molecule has 4 rings (SSSR count). The van der Waals surface area contributed by atoms with Crippen LogP contribution in [0.15, 0.2) is 40.9 Å². The Hall–Kier alpha value is -2.31. The van der Waals surface area contributed by atoms with Crippen molar-refractivity contribution in [1.29, 1.82) is 0 Å². The molecule has 1 aliphatic rings. The van der Waals surface area contributed by atoms with Gasteiger partial charge in [-0.25, -0.2) is 0 Å². The Morgan fingerprint density at radius 3 is 2.92 bits per heavy atom. The number of rotatable bonds is 3. The summed E-state index contributed by atoms with van der Waals surface area (Å²) < 4.78 is 11.8. The Labute approximate surface area is 140 Å². The second-order valence-electron chi connectivity index (χ2n) is 6.36. The van der Waals surface area contributed by atoms with Gasteiger partial charge in [-0.1, -0.05) is 24.3 Å². The van der Waals surface area contributed by atoms with Crippen LogP contribution in [0, 0.1) is 0 Å². The zero-order valence-electron chi connectivity index (χ0n) is 13.8. The number of ether oxygens (including phenoxy) is 1. The van der Waals surface area contributed by atoms with E-state index in [-0.39, 0.29) is 12.2 Å². The first kappa shape index (κ1) is 15.2. The molecule has 1 aromatic carbocycles.